The Morgan fingerprint density at radius 2 is 2.21 bits per heavy atom. The molecule has 0 aliphatic carbocycles. The van der Waals surface area contributed by atoms with Gasteiger partial charge in [0.15, 0.2) is 0 Å². The topological polar surface area (TPSA) is 85.3 Å². The van der Waals surface area contributed by atoms with Crippen molar-refractivity contribution in [1.29, 1.82) is 5.26 Å². The van der Waals surface area contributed by atoms with E-state index in [0.717, 1.165) is 0 Å². The lowest BCUT2D eigenvalue weighted by molar-refractivity contribution is -0.0501. The van der Waals surface area contributed by atoms with Crippen LogP contribution in [0.3, 0.4) is 0 Å². The second-order valence-corrected chi connectivity index (χ2v) is 3.39. The number of nitrogens with two attached hydrogens (primary N) is 1. The fraction of sp³-hybridized carbons (Fsp3) is 0.333. The summed E-state index contributed by atoms with van der Waals surface area (Å²) >= 11 is 0. The van der Waals surface area contributed by atoms with Gasteiger partial charge in [-0.1, -0.05) is 6.07 Å². The standard InChI is InChI=1S/C12H12F2N2O3/c1-2-18-11(17)10-7(5-15)3-4-9(8(10)6-16)19-12(13)14/h3-4,12H,2,5,15H2,1H3. The lowest BCUT2D eigenvalue weighted by Gasteiger charge is -2.13. The quantitative estimate of drug-likeness (QED) is 0.824. The Morgan fingerprint density at radius 3 is 2.68 bits per heavy atom. The Bertz CT molecular complexity index is 512. The number of ether oxygens (including phenoxy) is 2. The normalized spacial score (nSPS) is 10.1. The second kappa shape index (κ2) is 6.66. The zero-order valence-electron chi connectivity index (χ0n) is 10.2. The summed E-state index contributed by atoms with van der Waals surface area (Å²) in [6.45, 7) is -1.44. The van der Waals surface area contributed by atoms with E-state index in [1.807, 2.05) is 0 Å². The zero-order valence-corrected chi connectivity index (χ0v) is 10.2. The van der Waals surface area contributed by atoms with Crippen LogP contribution in [0.15, 0.2) is 12.1 Å². The first-order valence-electron chi connectivity index (χ1n) is 5.43. The number of hydrogen-bond acceptors (Lipinski definition) is 5. The minimum atomic E-state index is -3.09. The van der Waals surface area contributed by atoms with Crippen LogP contribution in [0.25, 0.3) is 0 Å². The average molecular weight is 270 g/mol. The largest absolute Gasteiger partial charge is 0.462 e. The van der Waals surface area contributed by atoms with Gasteiger partial charge in [0.25, 0.3) is 0 Å². The number of carbonyl (C=O) groups is 1. The van der Waals surface area contributed by atoms with Crippen LogP contribution in [0.1, 0.15) is 28.4 Å². The molecule has 0 radical (unpaired) electrons. The van der Waals surface area contributed by atoms with Crippen LogP contribution >= 0.6 is 0 Å². The molecule has 0 atom stereocenters. The van der Waals surface area contributed by atoms with Crippen molar-refractivity contribution in [2.75, 3.05) is 6.61 Å². The van der Waals surface area contributed by atoms with E-state index in [4.69, 9.17) is 15.7 Å². The molecule has 0 bridgehead atoms. The smallest absolute Gasteiger partial charge is 0.387 e. The number of rotatable bonds is 5. The molecule has 102 valence electrons. The number of hydrogen-bond donors (Lipinski definition) is 1. The van der Waals surface area contributed by atoms with Crippen LogP contribution in [0.2, 0.25) is 0 Å². The van der Waals surface area contributed by atoms with Gasteiger partial charge in [0.1, 0.15) is 17.4 Å². The van der Waals surface area contributed by atoms with Gasteiger partial charge in [-0.15, -0.1) is 0 Å². The first-order valence-corrected chi connectivity index (χ1v) is 5.43. The molecule has 7 heteroatoms. The van der Waals surface area contributed by atoms with E-state index in [1.165, 1.54) is 12.1 Å². The van der Waals surface area contributed by atoms with Gasteiger partial charge in [-0.25, -0.2) is 4.79 Å². The maximum absolute atomic E-state index is 12.2. The van der Waals surface area contributed by atoms with Crippen molar-refractivity contribution < 1.29 is 23.0 Å². The lowest BCUT2D eigenvalue weighted by atomic mass is 10.0. The Hall–Kier alpha value is -2.20. The molecule has 0 aliphatic rings. The molecule has 19 heavy (non-hydrogen) atoms. The van der Waals surface area contributed by atoms with Crippen molar-refractivity contribution in [3.8, 4) is 11.8 Å². The molecule has 5 nitrogen and oxygen atoms in total. The summed E-state index contributed by atoms with van der Waals surface area (Å²) in [5.41, 5.74) is 5.35. The highest BCUT2D eigenvalue weighted by Gasteiger charge is 2.22. The van der Waals surface area contributed by atoms with E-state index in [2.05, 4.69) is 4.74 Å². The fourth-order valence-electron chi connectivity index (χ4n) is 1.54. The van der Waals surface area contributed by atoms with Crippen molar-refractivity contribution in [3.63, 3.8) is 0 Å². The first-order chi connectivity index (χ1) is 9.04. The summed E-state index contributed by atoms with van der Waals surface area (Å²) in [6.07, 6.45) is 0. The minimum absolute atomic E-state index is 0.0300. The van der Waals surface area contributed by atoms with E-state index >= 15 is 0 Å². The van der Waals surface area contributed by atoms with Crippen LogP contribution in [0, 0.1) is 11.3 Å². The predicted octanol–water partition coefficient (Wildman–Crippen LogP) is 1.80. The molecule has 0 amide bonds. The number of nitriles is 1. The Kier molecular flexibility index (Phi) is 5.21. The lowest BCUT2D eigenvalue weighted by Crippen LogP contribution is -2.15. The SMILES string of the molecule is CCOC(=O)c1c(CN)ccc(OC(F)F)c1C#N. The van der Waals surface area contributed by atoms with Gasteiger partial charge < -0.3 is 15.2 Å². The van der Waals surface area contributed by atoms with Crippen LogP contribution in [-0.4, -0.2) is 19.2 Å². The summed E-state index contributed by atoms with van der Waals surface area (Å²) in [5, 5.41) is 9.03. The van der Waals surface area contributed by atoms with Gasteiger partial charge >= 0.3 is 12.6 Å². The summed E-state index contributed by atoms with van der Waals surface area (Å²) in [5.74, 6) is -1.17. The van der Waals surface area contributed by atoms with Crippen molar-refractivity contribution in [3.05, 3.63) is 28.8 Å². The van der Waals surface area contributed by atoms with Crippen LogP contribution in [-0.2, 0) is 11.3 Å². The molecule has 0 heterocycles. The van der Waals surface area contributed by atoms with Crippen LogP contribution < -0.4 is 10.5 Å². The first kappa shape index (κ1) is 14.9. The molecule has 0 saturated heterocycles. The van der Waals surface area contributed by atoms with E-state index in [-0.39, 0.29) is 30.0 Å². The van der Waals surface area contributed by atoms with Crippen molar-refractivity contribution in [2.45, 2.75) is 20.1 Å². The third-order valence-electron chi connectivity index (χ3n) is 2.28. The average Bonchev–Trinajstić information content (AvgIpc) is 2.37. The highest BCUT2D eigenvalue weighted by atomic mass is 19.3. The van der Waals surface area contributed by atoms with Gasteiger partial charge in [0.05, 0.1) is 12.2 Å². The molecule has 0 aliphatic heterocycles. The third kappa shape index (κ3) is 3.39. The van der Waals surface area contributed by atoms with Crippen molar-refractivity contribution in [2.24, 2.45) is 5.73 Å². The summed E-state index contributed by atoms with van der Waals surface area (Å²) in [4.78, 5) is 11.8. The number of benzene rings is 1. The molecule has 2 N–H and O–H groups in total. The highest BCUT2D eigenvalue weighted by Crippen LogP contribution is 2.27. The van der Waals surface area contributed by atoms with Crippen LogP contribution in [0.5, 0.6) is 5.75 Å². The van der Waals surface area contributed by atoms with Crippen molar-refractivity contribution >= 4 is 5.97 Å². The molecular formula is C12H12F2N2O3. The van der Waals surface area contributed by atoms with E-state index in [1.54, 1.807) is 13.0 Å². The molecular weight excluding hydrogens is 258 g/mol. The van der Waals surface area contributed by atoms with Gasteiger partial charge in [-0.2, -0.15) is 14.0 Å². The molecule has 1 aromatic carbocycles. The minimum Gasteiger partial charge on any atom is -0.462 e. The number of esters is 1. The van der Waals surface area contributed by atoms with Gasteiger partial charge in [0, 0.05) is 6.54 Å². The van der Waals surface area contributed by atoms with E-state index in [9.17, 15) is 13.6 Å². The Balaban J connectivity index is 3.38. The number of alkyl halides is 2. The van der Waals surface area contributed by atoms with Gasteiger partial charge in [-0.05, 0) is 18.6 Å². The maximum atomic E-state index is 12.2. The number of carbonyl (C=O) groups excluding carboxylic acids is 1. The second-order valence-electron chi connectivity index (χ2n) is 3.39. The Morgan fingerprint density at radius 1 is 1.53 bits per heavy atom. The van der Waals surface area contributed by atoms with E-state index < -0.39 is 12.6 Å². The molecule has 0 unspecified atom stereocenters. The summed E-state index contributed by atoms with van der Waals surface area (Å²) in [7, 11) is 0. The maximum Gasteiger partial charge on any atom is 0.387 e. The highest BCUT2D eigenvalue weighted by molar-refractivity contribution is 5.95. The predicted molar refractivity (Wildman–Crippen MR) is 61.6 cm³/mol. The number of halogens is 2. The van der Waals surface area contributed by atoms with E-state index in [0.29, 0.717) is 5.56 Å². The number of nitrogens with zero attached hydrogens (tertiary/aromatic N) is 1. The molecule has 0 spiro atoms. The molecule has 1 aromatic rings. The van der Waals surface area contributed by atoms with Crippen molar-refractivity contribution in [1.82, 2.24) is 0 Å². The van der Waals surface area contributed by atoms with Gasteiger partial charge in [0.2, 0.25) is 0 Å². The Labute approximate surface area is 108 Å². The fourth-order valence-corrected chi connectivity index (χ4v) is 1.54. The molecule has 0 fully saturated rings. The summed E-state index contributed by atoms with van der Waals surface area (Å²) in [6, 6.07) is 4.20. The molecule has 0 saturated carbocycles. The van der Waals surface area contributed by atoms with Crippen LogP contribution in [0.4, 0.5) is 8.78 Å². The monoisotopic (exact) mass is 270 g/mol. The summed E-state index contributed by atoms with van der Waals surface area (Å²) < 4.78 is 33.4. The van der Waals surface area contributed by atoms with Gasteiger partial charge in [-0.3, -0.25) is 0 Å². The zero-order chi connectivity index (χ0) is 14.4. The third-order valence-corrected chi connectivity index (χ3v) is 2.28. The molecule has 0 aromatic heterocycles. The molecule has 1 rings (SSSR count).